The Balaban J connectivity index is 1.62. The minimum Gasteiger partial charge on any atom is -0.422 e. The van der Waals surface area contributed by atoms with Crippen LogP contribution in [0.3, 0.4) is 0 Å². The molecule has 1 aromatic rings. The topological polar surface area (TPSA) is 69.7 Å². The number of halogens is 1. The molecule has 6 heteroatoms. The summed E-state index contributed by atoms with van der Waals surface area (Å²) in [6.07, 6.45) is 2.96. The van der Waals surface area contributed by atoms with Gasteiger partial charge < -0.3 is 9.47 Å². The van der Waals surface area contributed by atoms with Gasteiger partial charge in [0.1, 0.15) is 0 Å². The van der Waals surface area contributed by atoms with Gasteiger partial charge in [0.05, 0.1) is 0 Å². The van der Waals surface area contributed by atoms with Crippen molar-refractivity contribution in [2.24, 2.45) is 11.8 Å². The average molecular weight is 365 g/mol. The zero-order chi connectivity index (χ0) is 18.2. The highest BCUT2D eigenvalue weighted by Gasteiger charge is 2.49. The van der Waals surface area contributed by atoms with E-state index in [0.29, 0.717) is 23.8 Å². The van der Waals surface area contributed by atoms with Gasteiger partial charge in [0.15, 0.2) is 5.78 Å². The lowest BCUT2D eigenvalue weighted by Gasteiger charge is -2.34. The number of hydrogen-bond donors (Lipinski definition) is 0. The van der Waals surface area contributed by atoms with Gasteiger partial charge in [0.2, 0.25) is 5.92 Å². The predicted molar refractivity (Wildman–Crippen MR) is 90.9 cm³/mol. The van der Waals surface area contributed by atoms with E-state index >= 15 is 0 Å². The van der Waals surface area contributed by atoms with E-state index in [1.807, 2.05) is 24.3 Å². The molecule has 1 aromatic carbocycles. The zero-order valence-corrected chi connectivity index (χ0v) is 15.0. The third-order valence-electron chi connectivity index (χ3n) is 4.92. The van der Waals surface area contributed by atoms with Crippen molar-refractivity contribution in [2.45, 2.75) is 51.2 Å². The van der Waals surface area contributed by atoms with Crippen molar-refractivity contribution in [1.29, 1.82) is 0 Å². The number of rotatable bonds is 3. The molecule has 1 saturated carbocycles. The molecular weight excluding hydrogens is 344 g/mol. The second kappa shape index (κ2) is 6.79. The van der Waals surface area contributed by atoms with Crippen LogP contribution in [0.5, 0.6) is 0 Å². The molecule has 1 saturated heterocycles. The Bertz CT molecular complexity index is 666. The monoisotopic (exact) mass is 364 g/mol. The summed E-state index contributed by atoms with van der Waals surface area (Å²) in [5.41, 5.74) is 1.20. The van der Waals surface area contributed by atoms with Crippen LogP contribution in [0.25, 0.3) is 0 Å². The first kappa shape index (κ1) is 17.9. The Kier molecular flexibility index (Phi) is 4.87. The molecule has 25 heavy (non-hydrogen) atoms. The maximum atomic E-state index is 12.7. The molecule has 1 aliphatic carbocycles. The molecule has 0 aromatic heterocycles. The number of carbonyl (C=O) groups is 3. The summed E-state index contributed by atoms with van der Waals surface area (Å²) >= 11 is 5.92. The first-order valence-corrected chi connectivity index (χ1v) is 8.89. The maximum absolute atomic E-state index is 12.7. The fraction of sp³-hybridized carbons (Fsp3) is 0.526. The van der Waals surface area contributed by atoms with Crippen LogP contribution in [0.4, 0.5) is 0 Å². The summed E-state index contributed by atoms with van der Waals surface area (Å²) < 4.78 is 10.1. The Labute approximate surface area is 151 Å². The van der Waals surface area contributed by atoms with Crippen LogP contribution in [0.15, 0.2) is 24.3 Å². The van der Waals surface area contributed by atoms with Crippen LogP contribution in [0.2, 0.25) is 5.02 Å². The molecule has 2 aliphatic rings. The van der Waals surface area contributed by atoms with Gasteiger partial charge in [-0.2, -0.15) is 0 Å². The normalized spacial score (nSPS) is 26.7. The molecule has 0 bridgehead atoms. The minimum atomic E-state index is -1.44. The van der Waals surface area contributed by atoms with Gasteiger partial charge in [0.25, 0.3) is 5.79 Å². The molecule has 0 radical (unpaired) electrons. The molecule has 1 aliphatic heterocycles. The van der Waals surface area contributed by atoms with E-state index in [1.54, 1.807) is 0 Å². The van der Waals surface area contributed by atoms with E-state index in [-0.39, 0.29) is 11.7 Å². The standard InChI is InChI=1S/C19H21ClO5/c1-19(2)24-17(22)15(18(23)25-19)16(21)13-5-3-11(4-6-13)12-7-9-14(20)10-8-12/h7-11,13,15H,3-6H2,1-2H3. The summed E-state index contributed by atoms with van der Waals surface area (Å²) in [4.78, 5) is 36.8. The number of Topliss-reactive ketones (excluding diaryl/α,β-unsaturated/α-hetero) is 1. The first-order valence-electron chi connectivity index (χ1n) is 8.52. The number of benzene rings is 1. The van der Waals surface area contributed by atoms with Crippen molar-refractivity contribution >= 4 is 29.3 Å². The van der Waals surface area contributed by atoms with E-state index in [0.717, 1.165) is 12.8 Å². The lowest BCUT2D eigenvalue weighted by molar-refractivity contribution is -0.238. The van der Waals surface area contributed by atoms with Crippen LogP contribution >= 0.6 is 11.6 Å². The van der Waals surface area contributed by atoms with Gasteiger partial charge in [-0.05, 0) is 49.3 Å². The molecular formula is C19H21ClO5. The molecule has 0 N–H and O–H groups in total. The third-order valence-corrected chi connectivity index (χ3v) is 5.17. The minimum absolute atomic E-state index is 0.310. The highest BCUT2D eigenvalue weighted by Crippen LogP contribution is 2.38. The van der Waals surface area contributed by atoms with Gasteiger partial charge in [-0.15, -0.1) is 0 Å². The largest absolute Gasteiger partial charge is 0.422 e. The van der Waals surface area contributed by atoms with Crippen molar-refractivity contribution in [3.05, 3.63) is 34.9 Å². The third kappa shape index (κ3) is 3.87. The maximum Gasteiger partial charge on any atom is 0.331 e. The SMILES string of the molecule is CC1(C)OC(=O)C(C(=O)C2CCC(c3ccc(Cl)cc3)CC2)C(=O)O1. The van der Waals surface area contributed by atoms with Crippen LogP contribution in [-0.4, -0.2) is 23.5 Å². The highest BCUT2D eigenvalue weighted by molar-refractivity contribution is 6.30. The van der Waals surface area contributed by atoms with Gasteiger partial charge in [-0.3, -0.25) is 14.4 Å². The Hall–Kier alpha value is -1.88. The van der Waals surface area contributed by atoms with Gasteiger partial charge in [-0.1, -0.05) is 23.7 Å². The Morgan fingerprint density at radius 1 is 1.00 bits per heavy atom. The average Bonchev–Trinajstić information content (AvgIpc) is 2.54. The highest BCUT2D eigenvalue weighted by atomic mass is 35.5. The molecule has 5 nitrogen and oxygen atoms in total. The van der Waals surface area contributed by atoms with E-state index in [1.165, 1.54) is 19.4 Å². The fourth-order valence-electron chi connectivity index (χ4n) is 3.63. The molecule has 0 unspecified atom stereocenters. The molecule has 0 amide bonds. The summed E-state index contributed by atoms with van der Waals surface area (Å²) in [5.74, 6) is -4.67. The molecule has 1 heterocycles. The van der Waals surface area contributed by atoms with Crippen LogP contribution < -0.4 is 0 Å². The van der Waals surface area contributed by atoms with Crippen molar-refractivity contribution < 1.29 is 23.9 Å². The second-order valence-corrected chi connectivity index (χ2v) is 7.61. The molecule has 0 spiro atoms. The smallest absolute Gasteiger partial charge is 0.331 e. The van der Waals surface area contributed by atoms with Gasteiger partial charge in [0, 0.05) is 24.8 Å². The van der Waals surface area contributed by atoms with Crippen LogP contribution in [0, 0.1) is 11.8 Å². The lowest BCUT2D eigenvalue weighted by atomic mass is 9.75. The van der Waals surface area contributed by atoms with Gasteiger partial charge >= 0.3 is 11.9 Å². The zero-order valence-electron chi connectivity index (χ0n) is 14.3. The summed E-state index contributed by atoms with van der Waals surface area (Å²) in [5, 5.41) is 0.699. The van der Waals surface area contributed by atoms with E-state index in [4.69, 9.17) is 21.1 Å². The van der Waals surface area contributed by atoms with Crippen LogP contribution in [-0.2, 0) is 23.9 Å². The quantitative estimate of drug-likeness (QED) is 0.605. The Morgan fingerprint density at radius 3 is 2.04 bits per heavy atom. The second-order valence-electron chi connectivity index (χ2n) is 7.18. The molecule has 2 fully saturated rings. The molecule has 134 valence electrons. The number of ether oxygens (including phenoxy) is 2. The van der Waals surface area contributed by atoms with Crippen molar-refractivity contribution in [3.8, 4) is 0 Å². The number of hydrogen-bond acceptors (Lipinski definition) is 5. The summed E-state index contributed by atoms with van der Waals surface area (Å²) in [7, 11) is 0. The number of carbonyl (C=O) groups excluding carboxylic acids is 3. The van der Waals surface area contributed by atoms with E-state index in [9.17, 15) is 14.4 Å². The number of ketones is 1. The van der Waals surface area contributed by atoms with Crippen molar-refractivity contribution in [1.82, 2.24) is 0 Å². The molecule has 0 atom stereocenters. The molecule has 3 rings (SSSR count). The fourth-order valence-corrected chi connectivity index (χ4v) is 3.76. The summed E-state index contributed by atoms with van der Waals surface area (Å²) in [6, 6.07) is 7.74. The van der Waals surface area contributed by atoms with Gasteiger partial charge in [-0.25, -0.2) is 0 Å². The van der Waals surface area contributed by atoms with E-state index < -0.39 is 23.6 Å². The van der Waals surface area contributed by atoms with Crippen molar-refractivity contribution in [3.63, 3.8) is 0 Å². The summed E-state index contributed by atoms with van der Waals surface area (Å²) in [6.45, 7) is 2.95. The Morgan fingerprint density at radius 2 is 1.52 bits per heavy atom. The predicted octanol–water partition coefficient (Wildman–Crippen LogP) is 3.64. The van der Waals surface area contributed by atoms with Crippen molar-refractivity contribution in [2.75, 3.05) is 0 Å². The first-order chi connectivity index (χ1) is 11.8. The van der Waals surface area contributed by atoms with Crippen LogP contribution in [0.1, 0.15) is 51.0 Å². The van der Waals surface area contributed by atoms with E-state index in [2.05, 4.69) is 0 Å². The number of cyclic esters (lactones) is 2. The number of esters is 2. The lowest BCUT2D eigenvalue weighted by Crippen LogP contribution is -2.50.